The Bertz CT molecular complexity index is 1100. The summed E-state index contributed by atoms with van der Waals surface area (Å²) in [5, 5.41) is 22.6. The summed E-state index contributed by atoms with van der Waals surface area (Å²) in [7, 11) is 0. The molecule has 2 N–H and O–H groups in total. The Morgan fingerprint density at radius 3 is 2.82 bits per heavy atom. The van der Waals surface area contributed by atoms with Crippen LogP contribution in [0.25, 0.3) is 6.08 Å². The summed E-state index contributed by atoms with van der Waals surface area (Å²) in [4.78, 5) is 26.0. The van der Waals surface area contributed by atoms with Crippen molar-refractivity contribution in [2.24, 2.45) is 5.92 Å². The molecule has 2 fully saturated rings. The lowest BCUT2D eigenvalue weighted by Gasteiger charge is -2.44. The highest BCUT2D eigenvalue weighted by Crippen LogP contribution is 2.44. The summed E-state index contributed by atoms with van der Waals surface area (Å²) in [6, 6.07) is 8.01. The Hall–Kier alpha value is -3.44. The molecular weight excluding hydrogens is 428 g/mol. The minimum absolute atomic E-state index is 0.00541. The fourth-order valence-corrected chi connectivity index (χ4v) is 4.51. The Labute approximate surface area is 200 Å². The van der Waals surface area contributed by atoms with Crippen molar-refractivity contribution in [3.05, 3.63) is 47.8 Å². The van der Waals surface area contributed by atoms with E-state index in [4.69, 9.17) is 4.98 Å². The third-order valence-electron chi connectivity index (χ3n) is 6.53. The number of hydrogen-bond donors (Lipinski definition) is 2. The van der Waals surface area contributed by atoms with Gasteiger partial charge < -0.3 is 20.2 Å². The molecule has 2 aromatic heterocycles. The number of carbonyl (C=O) groups is 1. The van der Waals surface area contributed by atoms with Gasteiger partial charge in [-0.05, 0) is 42.5 Å². The summed E-state index contributed by atoms with van der Waals surface area (Å²) in [6.45, 7) is 9.62. The molecule has 178 valence electrons. The van der Waals surface area contributed by atoms with Gasteiger partial charge >= 0.3 is 0 Å². The van der Waals surface area contributed by atoms with E-state index >= 15 is 0 Å². The highest BCUT2D eigenvalue weighted by molar-refractivity contribution is 5.77. The summed E-state index contributed by atoms with van der Waals surface area (Å²) in [5.41, 5.74) is 3.24. The van der Waals surface area contributed by atoms with Gasteiger partial charge in [0.25, 0.3) is 0 Å². The topological polar surface area (TPSA) is 105 Å². The molecule has 1 aliphatic carbocycles. The van der Waals surface area contributed by atoms with Gasteiger partial charge in [-0.2, -0.15) is 5.26 Å². The van der Waals surface area contributed by atoms with Crippen LogP contribution in [0.1, 0.15) is 55.8 Å². The van der Waals surface area contributed by atoms with Crippen LogP contribution in [0.3, 0.4) is 0 Å². The Kier molecular flexibility index (Phi) is 7.13. The molecule has 0 radical (unpaired) electrons. The number of aromatic nitrogens is 2. The summed E-state index contributed by atoms with van der Waals surface area (Å²) in [6.07, 6.45) is 5.79. The minimum atomic E-state index is -0.145. The van der Waals surface area contributed by atoms with Crippen LogP contribution in [-0.2, 0) is 4.79 Å². The molecule has 1 amide bonds. The molecule has 8 heteroatoms. The fraction of sp³-hybridized carbons (Fsp3) is 0.462. The predicted molar refractivity (Wildman–Crippen MR) is 133 cm³/mol. The lowest BCUT2D eigenvalue weighted by Crippen LogP contribution is -2.57. The second kappa shape index (κ2) is 10.2. The number of rotatable bonds is 8. The summed E-state index contributed by atoms with van der Waals surface area (Å²) < 4.78 is 0. The van der Waals surface area contributed by atoms with Crippen molar-refractivity contribution in [2.75, 3.05) is 36.5 Å². The van der Waals surface area contributed by atoms with E-state index in [1.165, 1.54) is 0 Å². The van der Waals surface area contributed by atoms with E-state index in [0.717, 1.165) is 29.8 Å². The van der Waals surface area contributed by atoms with Gasteiger partial charge in [0, 0.05) is 38.2 Å². The molecule has 3 heterocycles. The average molecular weight is 461 g/mol. The zero-order chi connectivity index (χ0) is 24.2. The third kappa shape index (κ3) is 5.05. The quantitative estimate of drug-likeness (QED) is 0.619. The van der Waals surface area contributed by atoms with E-state index in [0.29, 0.717) is 42.8 Å². The average Bonchev–Trinajstić information content (AvgIpc) is 3.69. The number of amides is 1. The van der Waals surface area contributed by atoms with Crippen LogP contribution in [0, 0.1) is 17.2 Å². The highest BCUT2D eigenvalue weighted by Gasteiger charge is 2.35. The number of piperazine rings is 1. The molecule has 1 atom stereocenters. The number of aliphatic hydroxyl groups is 1. The van der Waals surface area contributed by atoms with Crippen molar-refractivity contribution in [1.29, 1.82) is 5.26 Å². The number of carbonyl (C=O) groups excluding carboxylic acids is 1. The normalized spacial score (nSPS) is 18.0. The van der Waals surface area contributed by atoms with Gasteiger partial charge in [0.2, 0.25) is 5.91 Å². The van der Waals surface area contributed by atoms with Crippen LogP contribution in [0.15, 0.2) is 31.0 Å². The van der Waals surface area contributed by atoms with Crippen molar-refractivity contribution in [3.8, 4) is 6.07 Å². The van der Waals surface area contributed by atoms with Gasteiger partial charge in [-0.15, -0.1) is 0 Å². The predicted octanol–water partition coefficient (Wildman–Crippen LogP) is 3.67. The van der Waals surface area contributed by atoms with E-state index in [9.17, 15) is 15.2 Å². The van der Waals surface area contributed by atoms with E-state index < -0.39 is 0 Å². The fourth-order valence-electron chi connectivity index (χ4n) is 4.51. The third-order valence-corrected chi connectivity index (χ3v) is 6.53. The van der Waals surface area contributed by atoms with Crippen molar-refractivity contribution < 1.29 is 9.90 Å². The zero-order valence-electron chi connectivity index (χ0n) is 19.9. The first kappa shape index (κ1) is 23.7. The minimum Gasteiger partial charge on any atom is -0.396 e. The van der Waals surface area contributed by atoms with Crippen LogP contribution in [-0.4, -0.2) is 58.2 Å². The van der Waals surface area contributed by atoms with Crippen LogP contribution < -0.4 is 10.2 Å². The molecule has 8 nitrogen and oxygen atoms in total. The molecule has 34 heavy (non-hydrogen) atoms. The number of hydrogen-bond acceptors (Lipinski definition) is 7. The Morgan fingerprint density at radius 1 is 1.38 bits per heavy atom. The molecule has 2 aromatic rings. The van der Waals surface area contributed by atoms with Crippen molar-refractivity contribution in [3.63, 3.8) is 0 Å². The summed E-state index contributed by atoms with van der Waals surface area (Å²) in [5.74, 6) is 1.95. The van der Waals surface area contributed by atoms with E-state index in [1.807, 2.05) is 23.1 Å². The maximum atomic E-state index is 12.6. The number of anilines is 3. The first-order valence-electron chi connectivity index (χ1n) is 11.9. The first-order valence-corrected chi connectivity index (χ1v) is 11.9. The van der Waals surface area contributed by atoms with Gasteiger partial charge in [-0.1, -0.05) is 26.5 Å². The Morgan fingerprint density at radius 2 is 2.18 bits per heavy atom. The van der Waals surface area contributed by atoms with Crippen LogP contribution in [0.2, 0.25) is 0 Å². The maximum Gasteiger partial charge on any atom is 0.225 e. The maximum absolute atomic E-state index is 12.6. The number of nitrogens with zero attached hydrogens (tertiary/aromatic N) is 5. The molecule has 1 saturated carbocycles. The molecule has 0 aromatic carbocycles. The molecule has 1 unspecified atom stereocenters. The number of nitrogens with one attached hydrogen (secondary N) is 1. The van der Waals surface area contributed by atoms with Gasteiger partial charge in [0.05, 0.1) is 29.6 Å². The summed E-state index contributed by atoms with van der Waals surface area (Å²) >= 11 is 0. The lowest BCUT2D eigenvalue weighted by atomic mass is 9.98. The van der Waals surface area contributed by atoms with E-state index in [1.54, 1.807) is 12.3 Å². The molecule has 0 bridgehead atoms. The van der Waals surface area contributed by atoms with Crippen molar-refractivity contribution in [2.45, 2.75) is 45.1 Å². The Balaban J connectivity index is 1.65. The van der Waals surface area contributed by atoms with E-state index in [2.05, 4.69) is 41.7 Å². The van der Waals surface area contributed by atoms with Gasteiger partial charge in [0.1, 0.15) is 17.7 Å². The monoisotopic (exact) mass is 460 g/mol. The standard InChI is InChI=1S/C26H32N6O2/c1-4-18-7-9-28-23(13-18)29-21-14-20(15-27)26(30-25(21)19-5-6-19)31-10-11-32(24(34)8-12-33)22(16-31)17(2)3/h4,7,9,13-14,17,19,22,33H,1,5-6,8,10-12,16H2,2-3H3,(H,28,29). The van der Waals surface area contributed by atoms with Gasteiger partial charge in [-0.25, -0.2) is 9.97 Å². The van der Waals surface area contributed by atoms with Crippen LogP contribution in [0.5, 0.6) is 0 Å². The second-order valence-electron chi connectivity index (χ2n) is 9.30. The smallest absolute Gasteiger partial charge is 0.225 e. The SMILES string of the molecule is C=Cc1ccnc(Nc2cc(C#N)c(N3CCN(C(=O)CCO)C(C(C)C)C3)nc2C2CC2)c1. The second-order valence-corrected chi connectivity index (χ2v) is 9.30. The van der Waals surface area contributed by atoms with Gasteiger partial charge in [0.15, 0.2) is 0 Å². The largest absolute Gasteiger partial charge is 0.396 e. The van der Waals surface area contributed by atoms with Crippen LogP contribution in [0.4, 0.5) is 17.3 Å². The highest BCUT2D eigenvalue weighted by atomic mass is 16.3. The molecule has 1 saturated heterocycles. The number of pyridine rings is 2. The number of nitriles is 1. The lowest BCUT2D eigenvalue weighted by molar-refractivity contribution is -0.135. The molecular formula is C26H32N6O2. The molecule has 4 rings (SSSR count). The molecule has 2 aliphatic rings. The molecule has 1 aliphatic heterocycles. The van der Waals surface area contributed by atoms with E-state index in [-0.39, 0.29) is 30.9 Å². The van der Waals surface area contributed by atoms with Gasteiger partial charge in [-0.3, -0.25) is 4.79 Å². The zero-order valence-corrected chi connectivity index (χ0v) is 19.9. The molecule has 0 spiro atoms. The van der Waals surface area contributed by atoms with Crippen LogP contribution >= 0.6 is 0 Å². The van der Waals surface area contributed by atoms with Crippen molar-refractivity contribution in [1.82, 2.24) is 14.9 Å². The van der Waals surface area contributed by atoms with Crippen molar-refractivity contribution >= 4 is 29.3 Å². The number of aliphatic hydroxyl groups excluding tert-OH is 1. The first-order chi connectivity index (χ1) is 16.4.